The molecular weight excluding hydrogens is 300 g/mol. The molecule has 4 nitrogen and oxygen atoms in total. The first-order valence-electron chi connectivity index (χ1n) is 7.86. The monoisotopic (exact) mass is 321 g/mol. The third kappa shape index (κ3) is 3.59. The lowest BCUT2D eigenvalue weighted by atomic mass is 9.90. The van der Waals surface area contributed by atoms with Gasteiger partial charge < -0.3 is 9.67 Å². The molecule has 1 fully saturated rings. The highest BCUT2D eigenvalue weighted by atomic mass is 19.1. The quantitative estimate of drug-likeness (QED) is 0.941. The van der Waals surface area contributed by atoms with E-state index in [0.29, 0.717) is 17.9 Å². The van der Waals surface area contributed by atoms with Crippen molar-refractivity contribution in [3.05, 3.63) is 53.6 Å². The van der Waals surface area contributed by atoms with Crippen LogP contribution in [0.2, 0.25) is 0 Å². The van der Waals surface area contributed by atoms with Gasteiger partial charge in [0.1, 0.15) is 23.6 Å². The fraction of sp³-hybridized carbons (Fsp3) is 0.471. The average Bonchev–Trinajstić information content (AvgIpc) is 2.96. The summed E-state index contributed by atoms with van der Waals surface area (Å²) in [5.74, 6) is -0.207. The lowest BCUT2D eigenvalue weighted by Crippen LogP contribution is -2.35. The van der Waals surface area contributed by atoms with Crippen LogP contribution in [0.1, 0.15) is 30.3 Å². The second-order valence-electron chi connectivity index (χ2n) is 6.19. The SMILES string of the molecule is Cn1ccnc1[C@@H](O)C1CCN(Cc2ccc(F)cc2F)CC1. The van der Waals surface area contributed by atoms with Gasteiger partial charge in [-0.15, -0.1) is 0 Å². The first-order valence-corrected chi connectivity index (χ1v) is 7.86. The molecule has 1 N–H and O–H groups in total. The summed E-state index contributed by atoms with van der Waals surface area (Å²) < 4.78 is 28.5. The van der Waals surface area contributed by atoms with E-state index in [1.54, 1.807) is 6.20 Å². The molecule has 0 spiro atoms. The topological polar surface area (TPSA) is 41.3 Å². The summed E-state index contributed by atoms with van der Waals surface area (Å²) in [4.78, 5) is 6.35. The van der Waals surface area contributed by atoms with Gasteiger partial charge in [-0.1, -0.05) is 6.07 Å². The summed E-state index contributed by atoms with van der Waals surface area (Å²) in [6, 6.07) is 3.71. The summed E-state index contributed by atoms with van der Waals surface area (Å²) in [6.07, 6.45) is 4.60. The van der Waals surface area contributed by atoms with Gasteiger partial charge in [-0.25, -0.2) is 13.8 Å². The van der Waals surface area contributed by atoms with Gasteiger partial charge in [0.25, 0.3) is 0 Å². The Kier molecular flexibility index (Phi) is 4.73. The van der Waals surface area contributed by atoms with Gasteiger partial charge >= 0.3 is 0 Å². The molecule has 0 bridgehead atoms. The fourth-order valence-corrected chi connectivity index (χ4v) is 3.19. The normalized spacial score (nSPS) is 18.3. The first kappa shape index (κ1) is 16.1. The Morgan fingerprint density at radius 3 is 2.65 bits per heavy atom. The highest BCUT2D eigenvalue weighted by Gasteiger charge is 2.28. The van der Waals surface area contributed by atoms with Gasteiger partial charge in [0, 0.05) is 37.6 Å². The molecule has 124 valence electrons. The van der Waals surface area contributed by atoms with Crippen LogP contribution in [-0.4, -0.2) is 32.6 Å². The largest absolute Gasteiger partial charge is 0.385 e. The maximum atomic E-state index is 13.7. The van der Waals surface area contributed by atoms with Crippen molar-refractivity contribution in [3.63, 3.8) is 0 Å². The summed E-state index contributed by atoms with van der Waals surface area (Å²) in [6.45, 7) is 2.03. The number of hydrogen-bond acceptors (Lipinski definition) is 3. The molecule has 23 heavy (non-hydrogen) atoms. The second kappa shape index (κ2) is 6.76. The average molecular weight is 321 g/mol. The van der Waals surface area contributed by atoms with Crippen molar-refractivity contribution in [3.8, 4) is 0 Å². The number of benzene rings is 1. The zero-order valence-electron chi connectivity index (χ0n) is 13.1. The molecular formula is C17H21F2N3O. The molecule has 0 amide bonds. The number of hydrogen-bond donors (Lipinski definition) is 1. The van der Waals surface area contributed by atoms with Crippen molar-refractivity contribution >= 4 is 0 Å². The number of halogens is 2. The van der Waals surface area contributed by atoms with E-state index in [0.717, 1.165) is 32.0 Å². The van der Waals surface area contributed by atoms with Crippen molar-refractivity contribution in [1.29, 1.82) is 0 Å². The minimum absolute atomic E-state index is 0.158. The zero-order chi connectivity index (χ0) is 16.4. The van der Waals surface area contributed by atoms with Crippen LogP contribution < -0.4 is 0 Å². The third-order valence-electron chi connectivity index (χ3n) is 4.61. The highest BCUT2D eigenvalue weighted by molar-refractivity contribution is 5.18. The molecule has 1 aliphatic rings. The molecule has 1 aromatic heterocycles. The van der Waals surface area contributed by atoms with E-state index in [2.05, 4.69) is 9.88 Å². The molecule has 1 aromatic carbocycles. The number of aromatic nitrogens is 2. The van der Waals surface area contributed by atoms with E-state index in [1.807, 2.05) is 17.8 Å². The van der Waals surface area contributed by atoms with Gasteiger partial charge in [0.05, 0.1) is 0 Å². The second-order valence-corrected chi connectivity index (χ2v) is 6.19. The van der Waals surface area contributed by atoms with E-state index >= 15 is 0 Å². The van der Waals surface area contributed by atoms with E-state index in [-0.39, 0.29) is 5.92 Å². The van der Waals surface area contributed by atoms with Gasteiger partial charge in [0.2, 0.25) is 0 Å². The zero-order valence-corrected chi connectivity index (χ0v) is 13.1. The molecule has 0 saturated carbocycles. The summed E-state index contributed by atoms with van der Waals surface area (Å²) in [5.41, 5.74) is 0.509. The molecule has 2 aromatic rings. The standard InChI is InChI=1S/C17H21F2N3O/c1-21-9-6-20-17(21)16(23)12-4-7-22(8-5-12)11-13-2-3-14(18)10-15(13)19/h2-3,6,9-10,12,16,23H,4-5,7-8,11H2,1H3/t16-/m0/s1. The Morgan fingerprint density at radius 1 is 1.30 bits per heavy atom. The number of rotatable bonds is 4. The Hall–Kier alpha value is -1.79. The van der Waals surface area contributed by atoms with Gasteiger partial charge in [-0.3, -0.25) is 4.90 Å². The van der Waals surface area contributed by atoms with Crippen molar-refractivity contribution in [2.75, 3.05) is 13.1 Å². The number of aryl methyl sites for hydroxylation is 1. The maximum absolute atomic E-state index is 13.7. The van der Waals surface area contributed by atoms with Crippen LogP contribution in [0.5, 0.6) is 0 Å². The van der Waals surface area contributed by atoms with Crippen LogP contribution >= 0.6 is 0 Å². The van der Waals surface area contributed by atoms with Crippen LogP contribution in [-0.2, 0) is 13.6 Å². The van der Waals surface area contributed by atoms with E-state index in [9.17, 15) is 13.9 Å². The van der Waals surface area contributed by atoms with Crippen molar-refractivity contribution in [1.82, 2.24) is 14.5 Å². The van der Waals surface area contributed by atoms with Crippen molar-refractivity contribution in [2.45, 2.75) is 25.5 Å². The fourth-order valence-electron chi connectivity index (χ4n) is 3.19. The first-order chi connectivity index (χ1) is 11.0. The van der Waals surface area contributed by atoms with Crippen molar-refractivity contribution < 1.29 is 13.9 Å². The van der Waals surface area contributed by atoms with E-state index in [1.165, 1.54) is 12.1 Å². The number of aliphatic hydroxyl groups is 1. The molecule has 0 radical (unpaired) electrons. The Balaban J connectivity index is 1.57. The molecule has 1 aliphatic heterocycles. The molecule has 1 saturated heterocycles. The van der Waals surface area contributed by atoms with Crippen molar-refractivity contribution in [2.24, 2.45) is 13.0 Å². The molecule has 2 heterocycles. The van der Waals surface area contributed by atoms with Gasteiger partial charge in [-0.2, -0.15) is 0 Å². The minimum atomic E-state index is -0.570. The predicted molar refractivity (Wildman–Crippen MR) is 82.5 cm³/mol. The minimum Gasteiger partial charge on any atom is -0.385 e. The molecule has 1 atom stereocenters. The number of aliphatic hydroxyl groups excluding tert-OH is 1. The lowest BCUT2D eigenvalue weighted by Gasteiger charge is -2.34. The lowest BCUT2D eigenvalue weighted by molar-refractivity contribution is 0.0489. The Morgan fingerprint density at radius 2 is 2.04 bits per heavy atom. The number of likely N-dealkylation sites (tertiary alicyclic amines) is 1. The molecule has 6 heteroatoms. The number of nitrogens with zero attached hydrogens (tertiary/aromatic N) is 3. The summed E-state index contributed by atoms with van der Waals surface area (Å²) >= 11 is 0. The van der Waals surface area contributed by atoms with E-state index < -0.39 is 17.7 Å². The van der Waals surface area contributed by atoms with Gasteiger partial charge in [0.15, 0.2) is 0 Å². The van der Waals surface area contributed by atoms with Crippen LogP contribution in [0.25, 0.3) is 0 Å². The summed E-state index contributed by atoms with van der Waals surface area (Å²) in [5, 5.41) is 10.5. The van der Waals surface area contributed by atoms with Crippen LogP contribution in [0.15, 0.2) is 30.6 Å². The number of piperidine rings is 1. The Labute approximate surface area is 134 Å². The smallest absolute Gasteiger partial charge is 0.137 e. The maximum Gasteiger partial charge on any atom is 0.137 e. The van der Waals surface area contributed by atoms with Crippen LogP contribution in [0.3, 0.4) is 0 Å². The third-order valence-corrected chi connectivity index (χ3v) is 4.61. The molecule has 0 unspecified atom stereocenters. The van der Waals surface area contributed by atoms with Gasteiger partial charge in [-0.05, 0) is 37.9 Å². The molecule has 3 rings (SSSR count). The number of imidazole rings is 1. The summed E-state index contributed by atoms with van der Waals surface area (Å²) in [7, 11) is 1.87. The molecule has 0 aliphatic carbocycles. The van der Waals surface area contributed by atoms with Crippen LogP contribution in [0.4, 0.5) is 8.78 Å². The van der Waals surface area contributed by atoms with E-state index in [4.69, 9.17) is 0 Å². The van der Waals surface area contributed by atoms with Crippen LogP contribution in [0, 0.1) is 17.6 Å². The Bertz CT molecular complexity index is 666. The highest BCUT2D eigenvalue weighted by Crippen LogP contribution is 2.30. The predicted octanol–water partition coefficient (Wildman–Crippen LogP) is 2.64.